The number of hydrogen-bond acceptors (Lipinski definition) is 3. The number of thioether (sulfide) groups is 1. The minimum absolute atomic E-state index is 0.339. The highest BCUT2D eigenvalue weighted by atomic mass is 32.2. The number of nitrogens with zero attached hydrogens (tertiary/aromatic N) is 1. The van der Waals surface area contributed by atoms with Crippen molar-refractivity contribution in [1.82, 2.24) is 9.97 Å². The van der Waals surface area contributed by atoms with Crippen LogP contribution in [0.4, 0.5) is 0 Å². The zero-order valence-electron chi connectivity index (χ0n) is 7.47. The summed E-state index contributed by atoms with van der Waals surface area (Å²) in [6, 6.07) is 7.33. The monoisotopic (exact) mass is 206 g/mol. The number of aromatic amines is 1. The Bertz CT molecular complexity index is 400. The lowest BCUT2D eigenvalue weighted by molar-refractivity contribution is 0.470. The first-order chi connectivity index (χ1) is 6.86. The molecule has 2 N–H and O–H groups in total. The lowest BCUT2D eigenvalue weighted by Crippen LogP contribution is -1.82. The highest BCUT2D eigenvalue weighted by Crippen LogP contribution is 2.24. The summed E-state index contributed by atoms with van der Waals surface area (Å²) in [6.45, 7) is 0. The molecular formula is C10H10N2OS. The molecule has 14 heavy (non-hydrogen) atoms. The fourth-order valence-corrected chi connectivity index (χ4v) is 1.93. The molecule has 2 aromatic rings. The van der Waals surface area contributed by atoms with Gasteiger partial charge < -0.3 is 10.1 Å². The summed E-state index contributed by atoms with van der Waals surface area (Å²) in [5.41, 5.74) is 0.925. The van der Waals surface area contributed by atoms with E-state index in [1.54, 1.807) is 30.2 Å². The molecule has 2 rings (SSSR count). The summed E-state index contributed by atoms with van der Waals surface area (Å²) in [5, 5.41) is 10.4. The van der Waals surface area contributed by atoms with Crippen LogP contribution in [0.5, 0.6) is 5.75 Å². The number of benzene rings is 1. The van der Waals surface area contributed by atoms with Gasteiger partial charge in [-0.05, 0) is 6.07 Å². The molecule has 0 amide bonds. The summed E-state index contributed by atoms with van der Waals surface area (Å²) in [5.74, 6) is 1.06. The third kappa shape index (κ3) is 2.09. The molecule has 0 aliphatic rings. The minimum atomic E-state index is 0.339. The van der Waals surface area contributed by atoms with Gasteiger partial charge in [0.1, 0.15) is 5.75 Å². The van der Waals surface area contributed by atoms with Crippen molar-refractivity contribution in [1.29, 1.82) is 0 Å². The molecule has 0 atom stereocenters. The Kier molecular flexibility index (Phi) is 2.74. The summed E-state index contributed by atoms with van der Waals surface area (Å²) in [4.78, 5) is 7.08. The Morgan fingerprint density at radius 3 is 2.93 bits per heavy atom. The van der Waals surface area contributed by atoms with Gasteiger partial charge in [0.15, 0.2) is 5.16 Å². The summed E-state index contributed by atoms with van der Waals surface area (Å²) < 4.78 is 0. The molecule has 0 saturated heterocycles. The average molecular weight is 206 g/mol. The van der Waals surface area contributed by atoms with Crippen LogP contribution in [-0.4, -0.2) is 15.1 Å². The first-order valence-electron chi connectivity index (χ1n) is 4.25. The molecule has 0 saturated carbocycles. The smallest absolute Gasteiger partial charge is 0.165 e. The number of para-hydroxylation sites is 1. The fraction of sp³-hybridized carbons (Fsp3) is 0.100. The highest BCUT2D eigenvalue weighted by Gasteiger charge is 2.01. The number of aromatic hydroxyl groups is 1. The quantitative estimate of drug-likeness (QED) is 0.758. The SMILES string of the molecule is Oc1ccccc1CSc1ncc[nH]1. The number of rotatable bonds is 3. The van der Waals surface area contributed by atoms with Gasteiger partial charge in [0.25, 0.3) is 0 Å². The van der Waals surface area contributed by atoms with E-state index in [0.717, 1.165) is 16.5 Å². The number of phenolic OH excluding ortho intramolecular Hbond substituents is 1. The molecule has 1 aromatic heterocycles. The standard InChI is InChI=1S/C10H10N2OS/c13-9-4-2-1-3-8(9)7-14-10-11-5-6-12-10/h1-6,13H,7H2,(H,11,12). The molecule has 0 spiro atoms. The Balaban J connectivity index is 2.02. The van der Waals surface area contributed by atoms with E-state index in [0.29, 0.717) is 5.75 Å². The van der Waals surface area contributed by atoms with E-state index in [2.05, 4.69) is 9.97 Å². The molecule has 0 radical (unpaired) electrons. The predicted octanol–water partition coefficient (Wildman–Crippen LogP) is 2.41. The first kappa shape index (κ1) is 9.15. The van der Waals surface area contributed by atoms with Crippen LogP contribution in [0.1, 0.15) is 5.56 Å². The van der Waals surface area contributed by atoms with E-state index in [-0.39, 0.29) is 0 Å². The van der Waals surface area contributed by atoms with Gasteiger partial charge in [0.05, 0.1) is 0 Å². The van der Waals surface area contributed by atoms with E-state index in [9.17, 15) is 5.11 Å². The van der Waals surface area contributed by atoms with Gasteiger partial charge in [0.2, 0.25) is 0 Å². The van der Waals surface area contributed by atoms with Crippen molar-refractivity contribution in [2.45, 2.75) is 10.9 Å². The van der Waals surface area contributed by atoms with Crippen LogP contribution < -0.4 is 0 Å². The van der Waals surface area contributed by atoms with Crippen molar-refractivity contribution >= 4 is 11.8 Å². The molecule has 0 bridgehead atoms. The van der Waals surface area contributed by atoms with Crippen LogP contribution >= 0.6 is 11.8 Å². The third-order valence-corrected chi connectivity index (χ3v) is 2.78. The van der Waals surface area contributed by atoms with Crippen LogP contribution in [0.25, 0.3) is 0 Å². The second kappa shape index (κ2) is 4.19. The molecule has 0 unspecified atom stereocenters. The topological polar surface area (TPSA) is 48.9 Å². The molecule has 0 fully saturated rings. The Labute approximate surface area is 86.2 Å². The fourth-order valence-electron chi connectivity index (χ4n) is 1.11. The molecule has 1 aromatic carbocycles. The van der Waals surface area contributed by atoms with Gasteiger partial charge in [-0.3, -0.25) is 0 Å². The van der Waals surface area contributed by atoms with E-state index in [4.69, 9.17) is 0 Å². The Hall–Kier alpha value is -1.42. The number of imidazole rings is 1. The normalized spacial score (nSPS) is 10.3. The maximum atomic E-state index is 9.50. The van der Waals surface area contributed by atoms with E-state index in [1.165, 1.54) is 0 Å². The molecule has 1 heterocycles. The highest BCUT2D eigenvalue weighted by molar-refractivity contribution is 7.98. The number of nitrogens with one attached hydrogen (secondary N) is 1. The lowest BCUT2D eigenvalue weighted by atomic mass is 10.2. The zero-order chi connectivity index (χ0) is 9.80. The van der Waals surface area contributed by atoms with Gasteiger partial charge in [-0.2, -0.15) is 0 Å². The second-order valence-electron chi connectivity index (χ2n) is 2.81. The first-order valence-corrected chi connectivity index (χ1v) is 5.24. The zero-order valence-corrected chi connectivity index (χ0v) is 8.29. The van der Waals surface area contributed by atoms with E-state index >= 15 is 0 Å². The van der Waals surface area contributed by atoms with E-state index in [1.807, 2.05) is 18.2 Å². The second-order valence-corrected chi connectivity index (χ2v) is 3.78. The maximum absolute atomic E-state index is 9.50. The average Bonchev–Trinajstić information content (AvgIpc) is 2.69. The number of aromatic nitrogens is 2. The summed E-state index contributed by atoms with van der Waals surface area (Å²) >= 11 is 1.57. The van der Waals surface area contributed by atoms with E-state index < -0.39 is 0 Å². The molecule has 3 nitrogen and oxygen atoms in total. The van der Waals surface area contributed by atoms with Crippen LogP contribution in [0, 0.1) is 0 Å². The van der Waals surface area contributed by atoms with Crippen molar-refractivity contribution in [3.8, 4) is 5.75 Å². The molecule has 4 heteroatoms. The lowest BCUT2D eigenvalue weighted by Gasteiger charge is -2.01. The van der Waals surface area contributed by atoms with Gasteiger partial charge in [-0.15, -0.1) is 0 Å². The maximum Gasteiger partial charge on any atom is 0.165 e. The Morgan fingerprint density at radius 2 is 2.21 bits per heavy atom. The number of phenols is 1. The number of hydrogen-bond donors (Lipinski definition) is 2. The molecule has 0 aliphatic heterocycles. The van der Waals surface area contributed by atoms with Crippen LogP contribution in [0.15, 0.2) is 41.8 Å². The van der Waals surface area contributed by atoms with Gasteiger partial charge in [0, 0.05) is 23.7 Å². The third-order valence-electron chi connectivity index (χ3n) is 1.83. The summed E-state index contributed by atoms with van der Waals surface area (Å²) in [6.07, 6.45) is 3.50. The van der Waals surface area contributed by atoms with Crippen molar-refractivity contribution in [2.75, 3.05) is 0 Å². The minimum Gasteiger partial charge on any atom is -0.508 e. The van der Waals surface area contributed by atoms with Crippen molar-refractivity contribution in [3.05, 3.63) is 42.2 Å². The van der Waals surface area contributed by atoms with Gasteiger partial charge >= 0.3 is 0 Å². The van der Waals surface area contributed by atoms with Crippen LogP contribution in [0.2, 0.25) is 0 Å². The molecule has 0 aliphatic carbocycles. The predicted molar refractivity (Wildman–Crippen MR) is 56.3 cm³/mol. The molecular weight excluding hydrogens is 196 g/mol. The number of H-pyrrole nitrogens is 1. The van der Waals surface area contributed by atoms with Gasteiger partial charge in [-0.25, -0.2) is 4.98 Å². The largest absolute Gasteiger partial charge is 0.508 e. The van der Waals surface area contributed by atoms with Crippen LogP contribution in [-0.2, 0) is 5.75 Å². The Morgan fingerprint density at radius 1 is 1.36 bits per heavy atom. The van der Waals surface area contributed by atoms with Crippen LogP contribution in [0.3, 0.4) is 0 Å². The summed E-state index contributed by atoms with van der Waals surface area (Å²) in [7, 11) is 0. The molecule has 72 valence electrons. The van der Waals surface area contributed by atoms with Crippen molar-refractivity contribution in [3.63, 3.8) is 0 Å². The van der Waals surface area contributed by atoms with Gasteiger partial charge in [-0.1, -0.05) is 30.0 Å². The van der Waals surface area contributed by atoms with Crippen molar-refractivity contribution in [2.24, 2.45) is 0 Å². The van der Waals surface area contributed by atoms with Crippen molar-refractivity contribution < 1.29 is 5.11 Å².